The molecule has 0 radical (unpaired) electrons. The first-order valence-corrected chi connectivity index (χ1v) is 18.9. The van der Waals surface area contributed by atoms with E-state index in [9.17, 15) is 0 Å². The van der Waals surface area contributed by atoms with Crippen molar-refractivity contribution in [1.82, 2.24) is 9.13 Å². The van der Waals surface area contributed by atoms with Crippen molar-refractivity contribution in [2.45, 2.75) is 25.7 Å². The molecule has 0 N–H and O–H groups in total. The minimum absolute atomic E-state index is 1.01. The van der Waals surface area contributed by atoms with Crippen LogP contribution < -0.4 is 0 Å². The van der Waals surface area contributed by atoms with Gasteiger partial charge in [0.1, 0.15) is 0 Å². The molecule has 3 heterocycles. The summed E-state index contributed by atoms with van der Waals surface area (Å²) in [6, 6.07) is 49.6. The zero-order chi connectivity index (χ0) is 33.5. The molecule has 2 aliphatic rings. The topological polar surface area (TPSA) is 9.86 Å². The molecular weight excluding hydrogens is 637 g/mol. The largest absolute Gasteiger partial charge is 0.310 e. The third-order valence-electron chi connectivity index (χ3n) is 11.1. The van der Waals surface area contributed by atoms with Crippen LogP contribution in [-0.4, -0.2) is 9.13 Å². The molecule has 3 heteroatoms. The Morgan fingerprint density at radius 3 is 2.20 bits per heavy atom. The average molecular weight is 671 g/mol. The van der Waals surface area contributed by atoms with Crippen LogP contribution in [0.25, 0.3) is 87.0 Å². The fourth-order valence-electron chi connectivity index (χ4n) is 8.77. The van der Waals surface area contributed by atoms with Crippen LogP contribution in [0.1, 0.15) is 36.1 Å². The number of rotatable bonds is 4. The lowest BCUT2D eigenvalue weighted by Crippen LogP contribution is -2.01. The van der Waals surface area contributed by atoms with E-state index in [1.807, 2.05) is 11.3 Å². The van der Waals surface area contributed by atoms with Crippen LogP contribution in [-0.2, 0) is 6.42 Å². The molecule has 2 aliphatic carbocycles. The van der Waals surface area contributed by atoms with E-state index in [1.165, 1.54) is 97.8 Å². The number of nitrogens with zero attached hydrogens (tertiary/aromatic N) is 2. The van der Waals surface area contributed by atoms with E-state index in [0.29, 0.717) is 0 Å². The summed E-state index contributed by atoms with van der Waals surface area (Å²) in [5.41, 5.74) is 14.3. The summed E-state index contributed by atoms with van der Waals surface area (Å²) < 4.78 is 7.66. The van der Waals surface area contributed by atoms with Crippen molar-refractivity contribution >= 4 is 81.6 Å². The van der Waals surface area contributed by atoms with Crippen LogP contribution >= 0.6 is 11.3 Å². The first-order chi connectivity index (χ1) is 25.3. The monoisotopic (exact) mass is 670 g/mol. The Morgan fingerprint density at radius 2 is 1.27 bits per heavy atom. The summed E-state index contributed by atoms with van der Waals surface area (Å²) in [4.78, 5) is 0. The van der Waals surface area contributed by atoms with E-state index in [0.717, 1.165) is 25.7 Å². The second kappa shape index (κ2) is 11.3. The molecule has 242 valence electrons. The van der Waals surface area contributed by atoms with E-state index < -0.39 is 0 Å². The Hall–Kier alpha value is -5.90. The number of hydrogen-bond acceptors (Lipinski definition) is 1. The maximum absolute atomic E-state index is 2.48. The highest BCUT2D eigenvalue weighted by Crippen LogP contribution is 2.42. The molecule has 6 aromatic carbocycles. The van der Waals surface area contributed by atoms with Gasteiger partial charge in [0, 0.05) is 53.4 Å². The van der Waals surface area contributed by atoms with Crippen molar-refractivity contribution in [1.29, 1.82) is 0 Å². The number of thiophene rings is 1. The van der Waals surface area contributed by atoms with Gasteiger partial charge >= 0.3 is 0 Å². The summed E-state index contributed by atoms with van der Waals surface area (Å²) >= 11 is 1.90. The Bertz CT molecular complexity index is 2970. The molecule has 0 spiro atoms. The molecule has 0 saturated heterocycles. The first-order valence-electron chi connectivity index (χ1n) is 18.0. The van der Waals surface area contributed by atoms with Crippen LogP contribution in [0, 0.1) is 0 Å². The highest BCUT2D eigenvalue weighted by atomic mass is 32.1. The van der Waals surface area contributed by atoms with Gasteiger partial charge < -0.3 is 9.13 Å². The average Bonchev–Trinajstić information content (AvgIpc) is 3.86. The van der Waals surface area contributed by atoms with Gasteiger partial charge in [-0.15, -0.1) is 11.3 Å². The molecule has 3 aromatic heterocycles. The molecular formula is C48H34N2S. The van der Waals surface area contributed by atoms with Gasteiger partial charge in [-0.2, -0.15) is 0 Å². The molecule has 0 bridgehead atoms. The van der Waals surface area contributed by atoms with Gasteiger partial charge in [-0.25, -0.2) is 0 Å². The SMILES string of the molecule is C1=Cc2c(c3ccccc3n2-c2ccc3c(c2)c2ccccc2n3C2=CCCC(c3cccc(-c4cccc5c4sc4ccccc45)c3)=C2)CC1. The molecule has 0 unspecified atom stereocenters. The van der Waals surface area contributed by atoms with E-state index in [-0.39, 0.29) is 0 Å². The smallest absolute Gasteiger partial charge is 0.0542 e. The minimum Gasteiger partial charge on any atom is -0.310 e. The zero-order valence-corrected chi connectivity index (χ0v) is 29.0. The summed E-state index contributed by atoms with van der Waals surface area (Å²) in [6.45, 7) is 0. The molecule has 0 aliphatic heterocycles. The van der Waals surface area contributed by atoms with Gasteiger partial charge in [0.15, 0.2) is 0 Å². The number of para-hydroxylation sites is 2. The van der Waals surface area contributed by atoms with Gasteiger partial charge in [-0.05, 0) is 108 Å². The third-order valence-corrected chi connectivity index (χ3v) is 12.3. The summed E-state index contributed by atoms with van der Waals surface area (Å²) in [5, 5.41) is 6.63. The molecule has 0 amide bonds. The number of benzene rings is 6. The Labute approximate surface area is 300 Å². The molecule has 9 aromatic rings. The van der Waals surface area contributed by atoms with Crippen molar-refractivity contribution in [2.24, 2.45) is 0 Å². The van der Waals surface area contributed by atoms with Crippen molar-refractivity contribution in [3.05, 3.63) is 169 Å². The quantitative estimate of drug-likeness (QED) is 0.176. The second-order valence-electron chi connectivity index (χ2n) is 13.9. The van der Waals surface area contributed by atoms with Crippen LogP contribution in [0.5, 0.6) is 0 Å². The van der Waals surface area contributed by atoms with Crippen LogP contribution in [0.2, 0.25) is 0 Å². The Kier molecular flexibility index (Phi) is 6.41. The highest BCUT2D eigenvalue weighted by molar-refractivity contribution is 7.26. The number of aryl methyl sites for hydroxylation is 1. The molecule has 11 rings (SSSR count). The van der Waals surface area contributed by atoms with Crippen molar-refractivity contribution in [2.75, 3.05) is 0 Å². The standard InChI is InChI=1S/C48H34N2S/c1-5-22-43-37(16-1)38-17-2-6-23-44(38)50(43)35-26-27-46-42(30-35)39-18-3-7-24-45(39)49(46)34-15-10-13-32(29-34)31-12-9-14-33(28-31)36-20-11-21-41-40-19-4-8-25-47(40)51-48(36)41/h1,3-9,11-12,14-16,18-30H,2,10,13,17H2. The summed E-state index contributed by atoms with van der Waals surface area (Å²) in [7, 11) is 0. The molecule has 51 heavy (non-hydrogen) atoms. The minimum atomic E-state index is 1.01. The number of aromatic nitrogens is 2. The lowest BCUT2D eigenvalue weighted by Gasteiger charge is -2.18. The summed E-state index contributed by atoms with van der Waals surface area (Å²) in [5.74, 6) is 0. The Balaban J connectivity index is 1.03. The van der Waals surface area contributed by atoms with Gasteiger partial charge in [0.25, 0.3) is 0 Å². The van der Waals surface area contributed by atoms with Gasteiger partial charge in [-0.1, -0.05) is 103 Å². The van der Waals surface area contributed by atoms with Gasteiger partial charge in [0.05, 0.1) is 16.6 Å². The van der Waals surface area contributed by atoms with E-state index in [4.69, 9.17) is 0 Å². The molecule has 0 atom stereocenters. The maximum Gasteiger partial charge on any atom is 0.0542 e. The van der Waals surface area contributed by atoms with Crippen LogP contribution in [0.4, 0.5) is 0 Å². The normalized spacial score (nSPS) is 14.5. The fraction of sp³-hybridized carbons (Fsp3) is 0.0833. The van der Waals surface area contributed by atoms with Crippen LogP contribution in [0.15, 0.2) is 152 Å². The van der Waals surface area contributed by atoms with Gasteiger partial charge in [-0.3, -0.25) is 0 Å². The van der Waals surface area contributed by atoms with Crippen molar-refractivity contribution in [3.63, 3.8) is 0 Å². The predicted octanol–water partition coefficient (Wildman–Crippen LogP) is 13.5. The molecule has 2 nitrogen and oxygen atoms in total. The number of fused-ring (bicyclic) bond motifs is 9. The molecule has 0 fully saturated rings. The Morgan fingerprint density at radius 1 is 0.529 bits per heavy atom. The van der Waals surface area contributed by atoms with E-state index in [2.05, 4.69) is 167 Å². The van der Waals surface area contributed by atoms with E-state index >= 15 is 0 Å². The van der Waals surface area contributed by atoms with Gasteiger partial charge in [0.2, 0.25) is 0 Å². The second-order valence-corrected chi connectivity index (χ2v) is 15.0. The highest BCUT2D eigenvalue weighted by Gasteiger charge is 2.21. The number of hydrogen-bond donors (Lipinski definition) is 0. The predicted molar refractivity (Wildman–Crippen MR) is 220 cm³/mol. The summed E-state index contributed by atoms with van der Waals surface area (Å²) in [6.07, 6.45) is 13.7. The lowest BCUT2D eigenvalue weighted by atomic mass is 9.93. The lowest BCUT2D eigenvalue weighted by molar-refractivity contribution is 0.968. The zero-order valence-electron chi connectivity index (χ0n) is 28.1. The third kappa shape index (κ3) is 4.41. The van der Waals surface area contributed by atoms with Crippen molar-refractivity contribution < 1.29 is 0 Å². The fourth-order valence-corrected chi connectivity index (χ4v) is 10.0. The maximum atomic E-state index is 2.48. The van der Waals surface area contributed by atoms with Crippen molar-refractivity contribution in [3.8, 4) is 16.8 Å². The first kappa shape index (κ1) is 28.9. The molecule has 0 saturated carbocycles. The van der Waals surface area contributed by atoms with Crippen LogP contribution in [0.3, 0.4) is 0 Å². The van der Waals surface area contributed by atoms with E-state index in [1.54, 1.807) is 0 Å². The number of allylic oxidation sites excluding steroid dienone is 5.